The second kappa shape index (κ2) is 5.02. The van der Waals surface area contributed by atoms with Gasteiger partial charge in [0, 0.05) is 19.4 Å². The molecule has 0 aromatic carbocycles. The van der Waals surface area contributed by atoms with Crippen LogP contribution in [0.15, 0.2) is 21.9 Å². The molecular weight excluding hydrogens is 244 g/mol. The molecule has 1 aliphatic heterocycles. The second-order valence-corrected chi connectivity index (χ2v) is 3.96. The lowest BCUT2D eigenvalue weighted by molar-refractivity contribution is -0.0625. The van der Waals surface area contributed by atoms with Crippen molar-refractivity contribution < 1.29 is 19.7 Å². The van der Waals surface area contributed by atoms with Crippen LogP contribution in [-0.4, -0.2) is 51.8 Å². The quantitative estimate of drug-likeness (QED) is 0.567. The van der Waals surface area contributed by atoms with E-state index in [4.69, 9.17) is 14.6 Å². The number of hydrogen-bond donors (Lipinski definition) is 3. The first-order valence-corrected chi connectivity index (χ1v) is 5.37. The van der Waals surface area contributed by atoms with Crippen molar-refractivity contribution in [1.82, 2.24) is 9.55 Å². The van der Waals surface area contributed by atoms with Crippen LogP contribution in [0.1, 0.15) is 6.23 Å². The highest BCUT2D eigenvalue weighted by Gasteiger charge is 2.45. The van der Waals surface area contributed by atoms with E-state index in [0.29, 0.717) is 0 Å². The average Bonchev–Trinajstić information content (AvgIpc) is 2.65. The monoisotopic (exact) mass is 258 g/mol. The highest BCUT2D eigenvalue weighted by molar-refractivity contribution is 4.93. The van der Waals surface area contributed by atoms with E-state index in [1.807, 2.05) is 0 Å². The van der Waals surface area contributed by atoms with Crippen LogP contribution in [-0.2, 0) is 9.47 Å². The summed E-state index contributed by atoms with van der Waals surface area (Å²) in [6, 6.07) is 1.16. The maximum Gasteiger partial charge on any atom is 0.330 e. The van der Waals surface area contributed by atoms with Gasteiger partial charge >= 0.3 is 5.69 Å². The van der Waals surface area contributed by atoms with Crippen LogP contribution in [0.4, 0.5) is 0 Å². The normalized spacial score (nSPS) is 31.7. The van der Waals surface area contributed by atoms with E-state index in [-0.39, 0.29) is 0 Å². The molecule has 1 aliphatic rings. The lowest BCUT2D eigenvalue weighted by Gasteiger charge is -2.19. The molecular formula is C10H14N2O6. The summed E-state index contributed by atoms with van der Waals surface area (Å²) in [6.45, 7) is -0.393. The average molecular weight is 258 g/mol. The summed E-state index contributed by atoms with van der Waals surface area (Å²) in [5.74, 6) is 0. The van der Waals surface area contributed by atoms with Gasteiger partial charge in [0.1, 0.15) is 18.3 Å². The summed E-state index contributed by atoms with van der Waals surface area (Å²) in [4.78, 5) is 24.7. The zero-order valence-corrected chi connectivity index (χ0v) is 9.65. The molecule has 4 atom stereocenters. The third-order valence-corrected chi connectivity index (χ3v) is 2.89. The molecule has 1 saturated heterocycles. The number of hydrogen-bond acceptors (Lipinski definition) is 6. The molecule has 0 bridgehead atoms. The third-order valence-electron chi connectivity index (χ3n) is 2.89. The highest BCUT2D eigenvalue weighted by Crippen LogP contribution is 2.29. The molecule has 1 fully saturated rings. The van der Waals surface area contributed by atoms with E-state index < -0.39 is 42.4 Å². The van der Waals surface area contributed by atoms with Crippen LogP contribution in [0.5, 0.6) is 0 Å². The molecule has 1 aromatic heterocycles. The predicted octanol–water partition coefficient (Wildman–Crippen LogP) is -2.20. The van der Waals surface area contributed by atoms with Gasteiger partial charge < -0.3 is 19.7 Å². The number of H-pyrrole nitrogens is 1. The van der Waals surface area contributed by atoms with Crippen LogP contribution in [0.3, 0.4) is 0 Å². The van der Waals surface area contributed by atoms with Crippen molar-refractivity contribution in [2.75, 3.05) is 13.7 Å². The Bertz CT molecular complexity index is 524. The van der Waals surface area contributed by atoms with Crippen LogP contribution >= 0.6 is 0 Å². The van der Waals surface area contributed by atoms with Crippen LogP contribution in [0, 0.1) is 0 Å². The molecule has 1 unspecified atom stereocenters. The second-order valence-electron chi connectivity index (χ2n) is 3.96. The fourth-order valence-corrected chi connectivity index (χ4v) is 1.98. The number of aliphatic hydroxyl groups is 2. The van der Waals surface area contributed by atoms with Gasteiger partial charge in [0.15, 0.2) is 6.23 Å². The molecule has 8 nitrogen and oxygen atoms in total. The topological polar surface area (TPSA) is 114 Å². The van der Waals surface area contributed by atoms with Crippen molar-refractivity contribution in [1.29, 1.82) is 0 Å². The van der Waals surface area contributed by atoms with Crippen LogP contribution in [0.25, 0.3) is 0 Å². The number of nitrogens with zero attached hydrogens (tertiary/aromatic N) is 1. The Morgan fingerprint density at radius 2 is 2.28 bits per heavy atom. The molecule has 8 heteroatoms. The predicted molar refractivity (Wildman–Crippen MR) is 59.1 cm³/mol. The number of methoxy groups -OCH3 is 1. The number of ether oxygens (including phenoxy) is 2. The van der Waals surface area contributed by atoms with Crippen molar-refractivity contribution in [3.63, 3.8) is 0 Å². The first-order chi connectivity index (χ1) is 8.58. The summed E-state index contributed by atoms with van der Waals surface area (Å²) >= 11 is 0. The maximum atomic E-state index is 11.6. The minimum atomic E-state index is -1.05. The third kappa shape index (κ3) is 2.10. The zero-order valence-electron chi connectivity index (χ0n) is 9.65. The molecule has 0 saturated carbocycles. The number of aromatic amines is 1. The van der Waals surface area contributed by atoms with E-state index in [0.717, 1.165) is 10.6 Å². The summed E-state index contributed by atoms with van der Waals surface area (Å²) in [5.41, 5.74) is -1.19. The minimum Gasteiger partial charge on any atom is -0.394 e. The summed E-state index contributed by atoms with van der Waals surface area (Å²) < 4.78 is 11.5. The van der Waals surface area contributed by atoms with Crippen molar-refractivity contribution >= 4 is 0 Å². The van der Waals surface area contributed by atoms with E-state index in [1.54, 1.807) is 0 Å². The fraction of sp³-hybridized carbons (Fsp3) is 0.600. The number of aromatic nitrogens is 2. The van der Waals surface area contributed by atoms with E-state index >= 15 is 0 Å². The fourth-order valence-electron chi connectivity index (χ4n) is 1.98. The van der Waals surface area contributed by atoms with Gasteiger partial charge in [-0.05, 0) is 0 Å². The van der Waals surface area contributed by atoms with Gasteiger partial charge in [-0.1, -0.05) is 0 Å². The van der Waals surface area contributed by atoms with Crippen molar-refractivity contribution in [3.8, 4) is 0 Å². The summed E-state index contributed by atoms with van der Waals surface area (Å²) in [6.07, 6.45) is -2.33. The number of rotatable bonds is 3. The summed E-state index contributed by atoms with van der Waals surface area (Å²) in [7, 11) is 1.36. The molecule has 2 heterocycles. The van der Waals surface area contributed by atoms with Crippen molar-refractivity contribution in [2.45, 2.75) is 24.5 Å². The van der Waals surface area contributed by atoms with Gasteiger partial charge in [0.2, 0.25) is 0 Å². The van der Waals surface area contributed by atoms with Gasteiger partial charge in [0.05, 0.1) is 6.61 Å². The summed E-state index contributed by atoms with van der Waals surface area (Å²) in [5, 5.41) is 18.9. The standard InChI is InChI=1S/C10H14N2O6/c1-17-8-7(15)5(4-13)18-9(8)12-3-2-6(14)11-10(12)16/h2-3,5,7-9,13,15H,4H2,1H3,(H,11,14,16)/t5?,7-,8-,9-/m1/s1. The minimum absolute atomic E-state index is 0.393. The van der Waals surface area contributed by atoms with Gasteiger partial charge in [-0.25, -0.2) is 4.79 Å². The Labute approximate surface area is 101 Å². The Balaban J connectivity index is 2.38. The SMILES string of the molecule is CO[C@@H]1[C@H](O)C(CO)O[C@H]1n1ccc(=O)[nH]c1=O. The van der Waals surface area contributed by atoms with Crippen molar-refractivity contribution in [3.05, 3.63) is 33.1 Å². The molecule has 1 aromatic rings. The van der Waals surface area contributed by atoms with Gasteiger partial charge in [0.25, 0.3) is 5.56 Å². The van der Waals surface area contributed by atoms with Crippen LogP contribution < -0.4 is 11.2 Å². The van der Waals surface area contributed by atoms with Gasteiger partial charge in [-0.15, -0.1) is 0 Å². The molecule has 3 N–H and O–H groups in total. The largest absolute Gasteiger partial charge is 0.394 e. The molecule has 0 radical (unpaired) electrons. The smallest absolute Gasteiger partial charge is 0.330 e. The van der Waals surface area contributed by atoms with E-state index in [1.165, 1.54) is 13.3 Å². The van der Waals surface area contributed by atoms with Crippen molar-refractivity contribution in [2.24, 2.45) is 0 Å². The molecule has 100 valence electrons. The highest BCUT2D eigenvalue weighted by atomic mass is 16.6. The molecule has 2 rings (SSSR count). The lowest BCUT2D eigenvalue weighted by Crippen LogP contribution is -2.38. The molecule has 0 aliphatic carbocycles. The molecule has 0 amide bonds. The number of aliphatic hydroxyl groups excluding tert-OH is 2. The first-order valence-electron chi connectivity index (χ1n) is 5.37. The molecule has 18 heavy (non-hydrogen) atoms. The lowest BCUT2D eigenvalue weighted by atomic mass is 10.1. The molecule has 0 spiro atoms. The van der Waals surface area contributed by atoms with Gasteiger partial charge in [-0.2, -0.15) is 0 Å². The zero-order chi connectivity index (χ0) is 13.3. The Kier molecular flexibility index (Phi) is 3.62. The van der Waals surface area contributed by atoms with E-state index in [2.05, 4.69) is 4.98 Å². The maximum absolute atomic E-state index is 11.6. The Hall–Kier alpha value is -1.48. The van der Waals surface area contributed by atoms with Crippen LogP contribution in [0.2, 0.25) is 0 Å². The Morgan fingerprint density at radius 3 is 2.83 bits per heavy atom. The van der Waals surface area contributed by atoms with Gasteiger partial charge in [-0.3, -0.25) is 14.3 Å². The Morgan fingerprint density at radius 1 is 1.56 bits per heavy atom. The first kappa shape index (κ1) is 13.0. The van der Waals surface area contributed by atoms with E-state index in [9.17, 15) is 14.7 Å². The number of nitrogens with one attached hydrogen (secondary N) is 1.